The maximum atomic E-state index is 12.7. The van der Waals surface area contributed by atoms with Crippen LogP contribution in [0.1, 0.15) is 154 Å². The van der Waals surface area contributed by atoms with Crippen LogP contribution in [0.25, 0.3) is 0 Å². The third kappa shape index (κ3) is 8.28. The van der Waals surface area contributed by atoms with Crippen molar-refractivity contribution < 1.29 is 96.1 Å². The molecule has 0 spiro atoms. The van der Waals surface area contributed by atoms with E-state index in [1.807, 2.05) is 0 Å². The summed E-state index contributed by atoms with van der Waals surface area (Å²) in [7, 11) is 0. The van der Waals surface area contributed by atoms with Gasteiger partial charge in [0.05, 0.1) is 12.2 Å². The summed E-state index contributed by atoms with van der Waals surface area (Å²) in [4.78, 5) is 12.7. The van der Waals surface area contributed by atoms with E-state index in [9.17, 15) is 4.79 Å². The predicted molar refractivity (Wildman–Crippen MR) is 215 cm³/mol. The van der Waals surface area contributed by atoms with Crippen molar-refractivity contribution in [3.63, 3.8) is 0 Å². The summed E-state index contributed by atoms with van der Waals surface area (Å²) in [6, 6.07) is 0. The summed E-state index contributed by atoms with van der Waals surface area (Å²) in [5.41, 5.74) is 1.96. The van der Waals surface area contributed by atoms with Crippen molar-refractivity contribution >= 4 is 6.29 Å². The molecule has 7 aliphatic rings. The molecular formula is C48H78O5VWY-4. The minimum atomic E-state index is -0.406. The van der Waals surface area contributed by atoms with Crippen LogP contribution in [0.4, 0.5) is 0 Å². The first-order chi connectivity index (χ1) is 24.4. The Bertz CT molecular complexity index is 1380. The van der Waals surface area contributed by atoms with Gasteiger partial charge in [0.15, 0.2) is 12.6 Å². The Morgan fingerprint density at radius 2 is 1.55 bits per heavy atom. The molecule has 56 heavy (non-hydrogen) atoms. The van der Waals surface area contributed by atoms with Gasteiger partial charge in [-0.2, -0.15) is 19.3 Å². The van der Waals surface area contributed by atoms with Gasteiger partial charge in [0.1, 0.15) is 6.10 Å². The molecule has 0 amide bonds. The van der Waals surface area contributed by atoms with Crippen LogP contribution in [-0.2, 0) is 96.1 Å². The van der Waals surface area contributed by atoms with Gasteiger partial charge in [-0.15, -0.1) is 0 Å². The van der Waals surface area contributed by atoms with Crippen LogP contribution in [0.15, 0.2) is 11.6 Å². The van der Waals surface area contributed by atoms with Crippen LogP contribution < -0.4 is 0 Å². The summed E-state index contributed by atoms with van der Waals surface area (Å²) >= 11 is 0. The van der Waals surface area contributed by atoms with Crippen molar-refractivity contribution in [2.75, 3.05) is 0 Å². The van der Waals surface area contributed by atoms with E-state index in [1.165, 1.54) is 25.2 Å². The number of ether oxygens (including phenoxy) is 4. The van der Waals surface area contributed by atoms with E-state index in [-0.39, 0.29) is 132 Å². The van der Waals surface area contributed by atoms with Gasteiger partial charge in [-0.3, -0.25) is 17.6 Å². The third-order valence-corrected chi connectivity index (χ3v) is 18.5. The molecule has 2 saturated heterocycles. The Hall–Kier alpha value is 1.63. The molecule has 6 fully saturated rings. The number of hydrogen-bond donors (Lipinski definition) is 0. The van der Waals surface area contributed by atoms with E-state index in [4.69, 9.17) is 18.9 Å². The van der Waals surface area contributed by atoms with Gasteiger partial charge < -0.3 is 37.6 Å². The standard InChI is InChI=1S/C47H75O5.CH3.V.W.Y/c1-14-37-29(4)27(2)31(6)41(50-37)52-40-30(5)28(3)33(8)49-42(40)51-38-18-19-44(11)34(32(38)7)17-20-46(13)39(44)16-15-35-36-25-43(9,10)21-23-47(36,26-48)24-22-45(35,46)12;;;;/h15,24,27-31,33-34,36-42H,14,16-23,25H2,1-13H3;1H3;;;/q-3;-1;;;/t27?,28-,29+,30?,31-,33?,34-,36?,37?,38-,39?,40-,41-,42-,44?,45+,46-,47+;;;;/m0..../s1. The fourth-order valence-electron chi connectivity index (χ4n) is 13.8. The smallest absolute Gasteiger partial charge is 0.182 e. The summed E-state index contributed by atoms with van der Waals surface area (Å²) in [6.07, 6.45) is 18.2. The first kappa shape index (κ1) is 52.0. The minimum Gasteiger partial charge on any atom is -0.544 e. The average molecular weight is 1060 g/mol. The number of carbonyl (C=O) groups excluding carboxylic acids is 1. The SMILES string of the molecule is CCC1O[C@@H](O[C@H]2C(C)[C@H](C)C(C)O[C@H]2O[C@H]2CCC3(C)C4CC=C5C6CC(C)(C)CC[C@]6([C-]=O)[CH-]C[C@@]5(C)[C@@]4(C)CC[C@H]3[C-]2C)[C@@H](C)C(C)[C@H]1C.[CH3-].[V].[W].[Y]. The molecule has 4 saturated carbocycles. The summed E-state index contributed by atoms with van der Waals surface area (Å²) in [5.74, 6) is 4.97. The summed E-state index contributed by atoms with van der Waals surface area (Å²) in [6.45, 7) is 31.2. The molecule has 7 rings (SSSR count). The Balaban J connectivity index is 0.00000210. The van der Waals surface area contributed by atoms with Crippen LogP contribution in [0.3, 0.4) is 0 Å². The second-order valence-corrected chi connectivity index (χ2v) is 21.2. The van der Waals surface area contributed by atoms with E-state index in [2.05, 4.69) is 109 Å². The van der Waals surface area contributed by atoms with Crippen LogP contribution in [-0.4, -0.2) is 43.3 Å². The zero-order chi connectivity index (χ0) is 37.8. The largest absolute Gasteiger partial charge is 0.544 e. The van der Waals surface area contributed by atoms with E-state index < -0.39 is 11.7 Å². The molecule has 18 atom stereocenters. The number of allylic oxidation sites excluding steroid dienone is 2. The molecule has 318 valence electrons. The van der Waals surface area contributed by atoms with Crippen molar-refractivity contribution in [2.45, 2.75) is 191 Å². The molecule has 5 nitrogen and oxygen atoms in total. The molecule has 0 N–H and O–H groups in total. The van der Waals surface area contributed by atoms with Gasteiger partial charge >= 0.3 is 0 Å². The molecule has 0 aromatic heterocycles. The molecule has 7 unspecified atom stereocenters. The monoisotopic (exact) mass is 1060 g/mol. The van der Waals surface area contributed by atoms with Gasteiger partial charge in [0.2, 0.25) is 0 Å². The van der Waals surface area contributed by atoms with Crippen LogP contribution in [0, 0.1) is 94.2 Å². The maximum absolute atomic E-state index is 12.7. The second kappa shape index (κ2) is 18.8. The van der Waals surface area contributed by atoms with E-state index in [0.717, 1.165) is 44.9 Å². The number of hydrogen-bond acceptors (Lipinski definition) is 5. The summed E-state index contributed by atoms with van der Waals surface area (Å²) < 4.78 is 27.7. The fourth-order valence-corrected chi connectivity index (χ4v) is 13.8. The quantitative estimate of drug-likeness (QED) is 0.151. The molecule has 0 bridgehead atoms. The Morgan fingerprint density at radius 1 is 0.875 bits per heavy atom. The van der Waals surface area contributed by atoms with E-state index in [0.29, 0.717) is 47.3 Å². The summed E-state index contributed by atoms with van der Waals surface area (Å²) in [5, 5.41) is 0. The molecule has 5 aliphatic carbocycles. The zero-order valence-corrected chi connectivity index (χ0v) is 45.0. The molecule has 2 radical (unpaired) electrons. The van der Waals surface area contributed by atoms with Crippen molar-refractivity contribution in [2.24, 2.45) is 74.4 Å². The van der Waals surface area contributed by atoms with Crippen molar-refractivity contribution in [3.05, 3.63) is 31.4 Å². The van der Waals surface area contributed by atoms with Crippen molar-refractivity contribution in [1.82, 2.24) is 0 Å². The molecule has 2 heterocycles. The maximum Gasteiger partial charge on any atom is 0.182 e. The average Bonchev–Trinajstić information content (AvgIpc) is 3.10. The third-order valence-electron chi connectivity index (χ3n) is 18.5. The molecular weight excluding hydrogens is 980 g/mol. The van der Waals surface area contributed by atoms with Gasteiger partial charge in [-0.1, -0.05) is 131 Å². The molecule has 2 aliphatic heterocycles. The van der Waals surface area contributed by atoms with E-state index >= 15 is 0 Å². The van der Waals surface area contributed by atoms with E-state index in [1.54, 1.807) is 5.57 Å². The van der Waals surface area contributed by atoms with Crippen LogP contribution in [0.2, 0.25) is 0 Å². The van der Waals surface area contributed by atoms with Crippen molar-refractivity contribution in [3.8, 4) is 0 Å². The predicted octanol–water partition coefficient (Wildman–Crippen LogP) is 11.6. The normalized spacial score (nSPS) is 51.0. The first-order valence-corrected chi connectivity index (χ1v) is 21.8. The molecule has 0 aromatic rings. The Labute approximate surface area is 396 Å². The topological polar surface area (TPSA) is 54.0 Å². The first-order valence-electron chi connectivity index (χ1n) is 21.8. The molecule has 0 aromatic carbocycles. The van der Waals surface area contributed by atoms with Crippen molar-refractivity contribution in [1.29, 1.82) is 0 Å². The number of rotatable bonds is 6. The minimum absolute atomic E-state index is 0. The van der Waals surface area contributed by atoms with Crippen LogP contribution >= 0.6 is 0 Å². The Morgan fingerprint density at radius 3 is 2.20 bits per heavy atom. The van der Waals surface area contributed by atoms with Gasteiger partial charge in [0.25, 0.3) is 0 Å². The van der Waals surface area contributed by atoms with Crippen LogP contribution in [0.5, 0.6) is 0 Å². The zero-order valence-electron chi connectivity index (χ0n) is 37.8. The van der Waals surface area contributed by atoms with Gasteiger partial charge in [-0.05, 0) is 84.9 Å². The van der Waals surface area contributed by atoms with Gasteiger partial charge in [-0.25, -0.2) is 0 Å². The fraction of sp³-hybridized carbons (Fsp3) is 0.875. The van der Waals surface area contributed by atoms with Gasteiger partial charge in [0, 0.05) is 78.2 Å². The molecule has 8 heteroatoms. The second-order valence-electron chi connectivity index (χ2n) is 21.2. The Kier molecular flexibility index (Phi) is 17.4. The number of fused-ring (bicyclic) bond motifs is 7.